The highest BCUT2D eigenvalue weighted by molar-refractivity contribution is 8.39. The summed E-state index contributed by atoms with van der Waals surface area (Å²) in [6.45, 7) is 0.725. The molecule has 0 aliphatic carbocycles. The van der Waals surface area contributed by atoms with Gasteiger partial charge in [-0.3, -0.25) is 9.79 Å². The van der Waals surface area contributed by atoms with Crippen LogP contribution < -0.4 is 14.8 Å². The van der Waals surface area contributed by atoms with Crippen LogP contribution >= 0.6 is 58.3 Å². The van der Waals surface area contributed by atoms with Crippen LogP contribution in [0.15, 0.2) is 23.2 Å². The zero-order valence-electron chi connectivity index (χ0n) is 12.8. The van der Waals surface area contributed by atoms with Crippen LogP contribution in [0.3, 0.4) is 0 Å². The molecular formula is C14H15Cl3N2O3S2. The fourth-order valence-corrected chi connectivity index (χ4v) is 4.43. The number of methoxy groups -OCH3 is 2. The van der Waals surface area contributed by atoms with Crippen molar-refractivity contribution in [2.45, 2.75) is 9.17 Å². The molecule has 1 unspecified atom stereocenters. The molecule has 2 rings (SSSR count). The third-order valence-electron chi connectivity index (χ3n) is 2.98. The van der Waals surface area contributed by atoms with Crippen molar-refractivity contribution >= 4 is 68.6 Å². The molecule has 1 heterocycles. The van der Waals surface area contributed by atoms with Crippen molar-refractivity contribution in [3.05, 3.63) is 23.8 Å². The van der Waals surface area contributed by atoms with E-state index in [4.69, 9.17) is 44.3 Å². The van der Waals surface area contributed by atoms with E-state index in [1.54, 1.807) is 30.0 Å². The third kappa shape index (κ3) is 5.26. The Hall–Kier alpha value is -0.470. The molecule has 1 N–H and O–H groups in total. The smallest absolute Gasteiger partial charge is 0.252 e. The average Bonchev–Trinajstić information content (AvgIpc) is 3.05. The zero-order valence-corrected chi connectivity index (χ0v) is 16.7. The Kier molecular flexibility index (Phi) is 7.24. The predicted octanol–water partition coefficient (Wildman–Crippen LogP) is 3.97. The van der Waals surface area contributed by atoms with Crippen LogP contribution in [0.4, 0.5) is 0 Å². The van der Waals surface area contributed by atoms with Crippen molar-refractivity contribution in [2.75, 3.05) is 26.5 Å². The van der Waals surface area contributed by atoms with Gasteiger partial charge in [0, 0.05) is 11.3 Å². The molecule has 1 aromatic rings. The molecule has 1 aliphatic rings. The van der Waals surface area contributed by atoms with E-state index >= 15 is 0 Å². The summed E-state index contributed by atoms with van der Waals surface area (Å²) in [5, 5.41) is 1.96. The lowest BCUT2D eigenvalue weighted by Gasteiger charge is -2.24. The van der Waals surface area contributed by atoms with Gasteiger partial charge in [-0.25, -0.2) is 0 Å². The predicted molar refractivity (Wildman–Crippen MR) is 103 cm³/mol. The van der Waals surface area contributed by atoms with Crippen LogP contribution in [0.2, 0.25) is 0 Å². The normalized spacial score (nSPS) is 15.6. The lowest BCUT2D eigenvalue weighted by Crippen LogP contribution is -2.41. The molecule has 0 fully saturated rings. The van der Waals surface area contributed by atoms with E-state index in [-0.39, 0.29) is 5.91 Å². The second-order valence-corrected chi connectivity index (χ2v) is 9.38. The number of carbonyl (C=O) groups is 1. The Morgan fingerprint density at radius 3 is 2.58 bits per heavy atom. The lowest BCUT2D eigenvalue weighted by atomic mass is 10.2. The molecule has 1 aromatic carbocycles. The molecule has 1 amide bonds. The van der Waals surface area contributed by atoms with E-state index in [1.807, 2.05) is 0 Å². The van der Waals surface area contributed by atoms with Crippen LogP contribution in [-0.4, -0.2) is 46.0 Å². The molecule has 0 aromatic heterocycles. The quantitative estimate of drug-likeness (QED) is 0.567. The van der Waals surface area contributed by atoms with Gasteiger partial charge in [0.05, 0.1) is 20.8 Å². The first-order valence-electron chi connectivity index (χ1n) is 6.78. The number of amides is 1. The number of thioether (sulfide) groups is 2. The van der Waals surface area contributed by atoms with Crippen molar-refractivity contribution in [2.24, 2.45) is 4.99 Å². The Morgan fingerprint density at radius 2 is 2.04 bits per heavy atom. The molecule has 132 valence electrons. The summed E-state index contributed by atoms with van der Waals surface area (Å²) in [5.41, 5.74) is 0.369. The standard InChI is InChI=1S/C14H15Cl3N2O3S2/c1-21-9-4-3-8(7-10(9)22-2)11(20)19-12(14(15,16)17)24-13-18-5-6-23-13/h3-4,7,12H,5-6H2,1-2H3,(H,19,20). The summed E-state index contributed by atoms with van der Waals surface area (Å²) >= 11 is 20.8. The summed E-state index contributed by atoms with van der Waals surface area (Å²) in [4.78, 5) is 16.8. The number of hydrogen-bond acceptors (Lipinski definition) is 6. The summed E-state index contributed by atoms with van der Waals surface area (Å²) in [5.74, 6) is 1.47. The van der Waals surface area contributed by atoms with Crippen molar-refractivity contribution in [1.29, 1.82) is 0 Å². The molecule has 24 heavy (non-hydrogen) atoms. The van der Waals surface area contributed by atoms with E-state index in [9.17, 15) is 4.79 Å². The van der Waals surface area contributed by atoms with Gasteiger partial charge >= 0.3 is 0 Å². The van der Waals surface area contributed by atoms with Gasteiger partial charge in [-0.2, -0.15) is 0 Å². The molecule has 0 radical (unpaired) electrons. The van der Waals surface area contributed by atoms with Crippen molar-refractivity contribution < 1.29 is 14.3 Å². The van der Waals surface area contributed by atoms with Crippen LogP contribution in [-0.2, 0) is 0 Å². The number of carbonyl (C=O) groups excluding carboxylic acids is 1. The molecule has 10 heteroatoms. The van der Waals surface area contributed by atoms with E-state index in [0.717, 1.165) is 16.7 Å². The molecule has 0 bridgehead atoms. The van der Waals surface area contributed by atoms with Gasteiger partial charge in [0.1, 0.15) is 9.75 Å². The number of ether oxygens (including phenoxy) is 2. The maximum absolute atomic E-state index is 12.5. The van der Waals surface area contributed by atoms with E-state index in [0.29, 0.717) is 17.1 Å². The third-order valence-corrected chi connectivity index (χ3v) is 6.47. The van der Waals surface area contributed by atoms with Gasteiger partial charge in [-0.1, -0.05) is 58.3 Å². The molecule has 0 saturated heterocycles. The Labute approximate surface area is 163 Å². The van der Waals surface area contributed by atoms with Crippen molar-refractivity contribution in [1.82, 2.24) is 5.32 Å². The molecule has 5 nitrogen and oxygen atoms in total. The summed E-state index contributed by atoms with van der Waals surface area (Å²) in [7, 11) is 3.02. The summed E-state index contributed by atoms with van der Waals surface area (Å²) in [6, 6.07) is 4.82. The first kappa shape index (κ1) is 19.8. The van der Waals surface area contributed by atoms with Gasteiger partial charge in [0.15, 0.2) is 11.5 Å². The Bertz CT molecular complexity index is 638. The van der Waals surface area contributed by atoms with Crippen LogP contribution in [0.25, 0.3) is 0 Å². The van der Waals surface area contributed by atoms with E-state index in [2.05, 4.69) is 10.3 Å². The molecule has 0 saturated carbocycles. The number of benzene rings is 1. The van der Waals surface area contributed by atoms with Gasteiger partial charge in [0.2, 0.25) is 3.79 Å². The highest BCUT2D eigenvalue weighted by Crippen LogP contribution is 2.39. The van der Waals surface area contributed by atoms with Crippen LogP contribution in [0, 0.1) is 0 Å². The second kappa shape index (κ2) is 8.76. The van der Waals surface area contributed by atoms with Crippen LogP contribution in [0.1, 0.15) is 10.4 Å². The minimum absolute atomic E-state index is 0.369. The van der Waals surface area contributed by atoms with Crippen molar-refractivity contribution in [3.63, 3.8) is 0 Å². The maximum atomic E-state index is 12.5. The van der Waals surface area contributed by atoms with Crippen molar-refractivity contribution in [3.8, 4) is 11.5 Å². The fourth-order valence-electron chi connectivity index (χ4n) is 1.85. The summed E-state index contributed by atoms with van der Waals surface area (Å²) < 4.78 is 9.46. The van der Waals surface area contributed by atoms with Gasteiger partial charge < -0.3 is 14.8 Å². The van der Waals surface area contributed by atoms with E-state index < -0.39 is 9.17 Å². The number of rotatable bonds is 5. The van der Waals surface area contributed by atoms with Gasteiger partial charge in [0.25, 0.3) is 5.91 Å². The lowest BCUT2D eigenvalue weighted by molar-refractivity contribution is 0.0950. The topological polar surface area (TPSA) is 59.9 Å². The highest BCUT2D eigenvalue weighted by Gasteiger charge is 2.36. The first-order valence-corrected chi connectivity index (χ1v) is 9.78. The monoisotopic (exact) mass is 428 g/mol. The number of hydrogen-bond donors (Lipinski definition) is 1. The molecule has 1 atom stereocenters. The van der Waals surface area contributed by atoms with Gasteiger partial charge in [-0.05, 0) is 18.2 Å². The fraction of sp³-hybridized carbons (Fsp3) is 0.429. The van der Waals surface area contributed by atoms with E-state index in [1.165, 1.54) is 26.0 Å². The minimum atomic E-state index is -1.68. The number of nitrogens with zero attached hydrogens (tertiary/aromatic N) is 1. The first-order chi connectivity index (χ1) is 11.3. The van der Waals surface area contributed by atoms with Gasteiger partial charge in [-0.15, -0.1) is 0 Å². The second-order valence-electron chi connectivity index (χ2n) is 4.58. The Morgan fingerprint density at radius 1 is 1.33 bits per heavy atom. The zero-order chi connectivity index (χ0) is 17.7. The number of aliphatic imine (C=N–C) groups is 1. The SMILES string of the molecule is COc1ccc(C(=O)NC(SC2=NCCS2)C(Cl)(Cl)Cl)cc1OC. The number of halogens is 3. The number of nitrogens with one attached hydrogen (secondary N) is 1. The minimum Gasteiger partial charge on any atom is -0.493 e. The largest absolute Gasteiger partial charge is 0.493 e. The molecular weight excluding hydrogens is 415 g/mol. The number of alkyl halides is 3. The molecule has 0 spiro atoms. The maximum Gasteiger partial charge on any atom is 0.252 e. The summed E-state index contributed by atoms with van der Waals surface area (Å²) in [6.07, 6.45) is 0. The average molecular weight is 430 g/mol. The van der Waals surface area contributed by atoms with Crippen LogP contribution in [0.5, 0.6) is 11.5 Å². The molecule has 1 aliphatic heterocycles. The Balaban J connectivity index is 2.15. The highest BCUT2D eigenvalue weighted by atomic mass is 35.6.